The molecule has 2 N–H and O–H groups in total. The molecule has 0 amide bonds. The highest BCUT2D eigenvalue weighted by Gasteiger charge is 2.38. The first-order chi connectivity index (χ1) is 15.8. The Balaban J connectivity index is 1.92. The molecule has 1 saturated heterocycles. The number of nitrogens with one attached hydrogen (secondary N) is 2. The topological polar surface area (TPSA) is 87.2 Å². The molecule has 13 heteroatoms. The number of hydrogen-bond acceptors (Lipinski definition) is 6. The fraction of sp³-hybridized carbons (Fsp3) is 0.524. The van der Waals surface area contributed by atoms with Gasteiger partial charge in [0, 0.05) is 36.9 Å². The minimum Gasteiger partial charge on any atom is -0.355 e. The van der Waals surface area contributed by atoms with Gasteiger partial charge in [-0.3, -0.25) is 0 Å². The molecule has 1 fully saturated rings. The zero-order valence-corrected chi connectivity index (χ0v) is 19.6. The lowest BCUT2D eigenvalue weighted by molar-refractivity contribution is -0.137. The van der Waals surface area contributed by atoms with Crippen LogP contribution in [0.2, 0.25) is 0 Å². The number of aromatic nitrogens is 2. The average Bonchev–Trinajstić information content (AvgIpc) is 2.73. The molecule has 7 nitrogen and oxygen atoms in total. The van der Waals surface area contributed by atoms with Crippen LogP contribution in [0.3, 0.4) is 0 Å². The van der Waals surface area contributed by atoms with Crippen molar-refractivity contribution in [1.29, 1.82) is 0 Å². The summed E-state index contributed by atoms with van der Waals surface area (Å²) in [4.78, 5) is 9.02. The van der Waals surface area contributed by atoms with Crippen molar-refractivity contribution in [3.63, 3.8) is 0 Å². The van der Waals surface area contributed by atoms with Crippen LogP contribution in [0, 0.1) is 12.8 Å². The zero-order valence-electron chi connectivity index (χ0n) is 18.8. The lowest BCUT2D eigenvalue weighted by Crippen LogP contribution is -2.39. The molecule has 0 radical (unpaired) electrons. The first-order valence-corrected chi connectivity index (χ1v) is 12.1. The molecular weight excluding hydrogens is 481 g/mol. The summed E-state index contributed by atoms with van der Waals surface area (Å²) in [6.45, 7) is 4.92. The van der Waals surface area contributed by atoms with E-state index in [0.29, 0.717) is 23.9 Å². The van der Waals surface area contributed by atoms with Crippen molar-refractivity contribution in [2.24, 2.45) is 5.92 Å². The predicted molar refractivity (Wildman–Crippen MR) is 118 cm³/mol. The maximum Gasteiger partial charge on any atom is 0.421 e. The predicted octanol–water partition coefficient (Wildman–Crippen LogP) is 4.72. The fourth-order valence-electron chi connectivity index (χ4n) is 3.72. The van der Waals surface area contributed by atoms with Crippen molar-refractivity contribution in [3.05, 3.63) is 35.5 Å². The SMILES string of the molecule is Cc1cc(S(=O)(=O)NC(C)C)ccc1Nc1ncc(C(F)(F)F)c(N2CCC[C@H](C(F)F)C2)n1. The number of anilines is 3. The molecule has 3 rings (SSSR count). The van der Waals surface area contributed by atoms with Crippen LogP contribution in [0.5, 0.6) is 0 Å². The number of alkyl halides is 5. The molecule has 0 saturated carbocycles. The minimum atomic E-state index is -4.76. The summed E-state index contributed by atoms with van der Waals surface area (Å²) in [5.74, 6) is -1.67. The Morgan fingerprint density at radius 2 is 1.91 bits per heavy atom. The minimum absolute atomic E-state index is 0.0321. The van der Waals surface area contributed by atoms with Gasteiger partial charge in [-0.15, -0.1) is 0 Å². The highest BCUT2D eigenvalue weighted by Crippen LogP contribution is 2.38. The summed E-state index contributed by atoms with van der Waals surface area (Å²) < 4.78 is 94.4. The molecule has 0 spiro atoms. The number of nitrogens with zero attached hydrogens (tertiary/aromatic N) is 3. The maximum absolute atomic E-state index is 13.6. The molecule has 1 aromatic heterocycles. The largest absolute Gasteiger partial charge is 0.421 e. The molecule has 2 heterocycles. The molecule has 0 bridgehead atoms. The zero-order chi connectivity index (χ0) is 25.3. The van der Waals surface area contributed by atoms with E-state index in [1.165, 1.54) is 23.1 Å². The monoisotopic (exact) mass is 507 g/mol. The Morgan fingerprint density at radius 1 is 1.21 bits per heavy atom. The van der Waals surface area contributed by atoms with E-state index in [-0.39, 0.29) is 36.4 Å². The molecule has 2 aromatic rings. The van der Waals surface area contributed by atoms with E-state index in [1.54, 1.807) is 20.8 Å². The molecular formula is C21H26F5N5O2S. The van der Waals surface area contributed by atoms with Crippen LogP contribution in [0.25, 0.3) is 0 Å². The van der Waals surface area contributed by atoms with Crippen LogP contribution in [0.4, 0.5) is 39.4 Å². The van der Waals surface area contributed by atoms with Crippen molar-refractivity contribution in [3.8, 4) is 0 Å². The molecule has 34 heavy (non-hydrogen) atoms. The Labute approximate surface area is 194 Å². The highest BCUT2D eigenvalue weighted by molar-refractivity contribution is 7.89. The quantitative estimate of drug-likeness (QED) is 0.528. The number of aryl methyl sites for hydroxylation is 1. The fourth-order valence-corrected chi connectivity index (χ4v) is 5.06. The molecule has 0 aliphatic carbocycles. The van der Waals surface area contributed by atoms with Gasteiger partial charge in [-0.05, 0) is 57.4 Å². The molecule has 0 unspecified atom stereocenters. The van der Waals surface area contributed by atoms with E-state index in [1.807, 2.05) is 0 Å². The van der Waals surface area contributed by atoms with Crippen LogP contribution in [-0.2, 0) is 16.2 Å². The first kappa shape index (κ1) is 26.1. The Morgan fingerprint density at radius 3 is 2.50 bits per heavy atom. The normalized spacial score (nSPS) is 17.5. The summed E-state index contributed by atoms with van der Waals surface area (Å²) in [7, 11) is -3.73. The van der Waals surface area contributed by atoms with E-state index in [4.69, 9.17) is 0 Å². The number of sulfonamides is 1. The van der Waals surface area contributed by atoms with Crippen molar-refractivity contribution in [1.82, 2.24) is 14.7 Å². The van der Waals surface area contributed by atoms with Crippen LogP contribution >= 0.6 is 0 Å². The lowest BCUT2D eigenvalue weighted by Gasteiger charge is -2.34. The van der Waals surface area contributed by atoms with Gasteiger partial charge in [0.2, 0.25) is 22.4 Å². The van der Waals surface area contributed by atoms with Gasteiger partial charge in [0.1, 0.15) is 11.4 Å². The van der Waals surface area contributed by atoms with Crippen LogP contribution < -0.4 is 14.9 Å². The van der Waals surface area contributed by atoms with E-state index < -0.39 is 39.9 Å². The van der Waals surface area contributed by atoms with Gasteiger partial charge in [0.05, 0.1) is 4.90 Å². The van der Waals surface area contributed by atoms with Crippen molar-refractivity contribution in [2.75, 3.05) is 23.3 Å². The Kier molecular flexibility index (Phi) is 7.65. The third kappa shape index (κ3) is 6.12. The van der Waals surface area contributed by atoms with Crippen LogP contribution in [-0.4, -0.2) is 43.9 Å². The summed E-state index contributed by atoms with van der Waals surface area (Å²) in [6, 6.07) is 3.92. The number of hydrogen-bond donors (Lipinski definition) is 2. The molecule has 1 aliphatic heterocycles. The number of benzene rings is 1. The third-order valence-electron chi connectivity index (χ3n) is 5.33. The standard InChI is InChI=1S/C21H26F5N5O2S/c1-12(2)30-34(32,33)15-6-7-17(13(3)9-15)28-20-27-10-16(21(24,25)26)19(29-20)31-8-4-5-14(11-31)18(22)23/h6-7,9-10,12,14,18,30H,4-5,8,11H2,1-3H3,(H,27,28,29)/t14-/m0/s1. The van der Waals surface area contributed by atoms with Gasteiger partial charge in [0.25, 0.3) is 0 Å². The summed E-state index contributed by atoms with van der Waals surface area (Å²) in [5, 5.41) is 2.80. The third-order valence-corrected chi connectivity index (χ3v) is 6.99. The molecule has 188 valence electrons. The van der Waals surface area contributed by atoms with E-state index >= 15 is 0 Å². The summed E-state index contributed by atoms with van der Waals surface area (Å²) in [6.07, 6.45) is -6.23. The maximum atomic E-state index is 13.6. The lowest BCUT2D eigenvalue weighted by atomic mass is 9.98. The second-order valence-corrected chi connectivity index (χ2v) is 10.2. The molecule has 1 aliphatic rings. The van der Waals surface area contributed by atoms with E-state index in [0.717, 1.165) is 0 Å². The second kappa shape index (κ2) is 9.98. The van der Waals surface area contributed by atoms with Gasteiger partial charge in [-0.2, -0.15) is 18.2 Å². The van der Waals surface area contributed by atoms with Gasteiger partial charge in [-0.25, -0.2) is 26.9 Å². The van der Waals surface area contributed by atoms with Gasteiger partial charge in [-0.1, -0.05) is 0 Å². The van der Waals surface area contributed by atoms with Crippen LogP contribution in [0.15, 0.2) is 29.3 Å². The summed E-state index contributed by atoms with van der Waals surface area (Å²) in [5.41, 5.74) is -0.225. The highest BCUT2D eigenvalue weighted by atomic mass is 32.2. The summed E-state index contributed by atoms with van der Waals surface area (Å²) >= 11 is 0. The second-order valence-electron chi connectivity index (χ2n) is 8.49. The van der Waals surface area contributed by atoms with E-state index in [2.05, 4.69) is 20.0 Å². The van der Waals surface area contributed by atoms with E-state index in [9.17, 15) is 30.4 Å². The van der Waals surface area contributed by atoms with Gasteiger partial charge < -0.3 is 10.2 Å². The van der Waals surface area contributed by atoms with Crippen molar-refractivity contribution in [2.45, 2.75) is 57.2 Å². The van der Waals surface area contributed by atoms with Crippen molar-refractivity contribution >= 4 is 27.5 Å². The number of rotatable bonds is 7. The number of halogens is 5. The number of piperidine rings is 1. The van der Waals surface area contributed by atoms with Gasteiger partial charge in [0.15, 0.2) is 0 Å². The Hall–Kier alpha value is -2.54. The smallest absolute Gasteiger partial charge is 0.355 e. The Bertz CT molecular complexity index is 1130. The molecule has 1 aromatic carbocycles. The van der Waals surface area contributed by atoms with Gasteiger partial charge >= 0.3 is 6.18 Å². The first-order valence-electron chi connectivity index (χ1n) is 10.6. The van der Waals surface area contributed by atoms with Crippen LogP contribution in [0.1, 0.15) is 37.8 Å². The van der Waals surface area contributed by atoms with Crippen molar-refractivity contribution < 1.29 is 30.4 Å². The molecule has 1 atom stereocenters. The average molecular weight is 508 g/mol.